The molecule has 0 aromatic heterocycles. The van der Waals surface area contributed by atoms with Crippen LogP contribution in [0.2, 0.25) is 0 Å². The molecular formula is C25H29NO6S. The Balaban J connectivity index is 1.84. The second kappa shape index (κ2) is 9.79. The van der Waals surface area contributed by atoms with Crippen molar-refractivity contribution in [1.29, 1.82) is 0 Å². The third-order valence-corrected chi connectivity index (χ3v) is 6.92. The fraction of sp³-hybridized carbons (Fsp3) is 0.360. The van der Waals surface area contributed by atoms with E-state index in [0.29, 0.717) is 11.3 Å². The summed E-state index contributed by atoms with van der Waals surface area (Å²) in [5.41, 5.74) is 2.01. The average molecular weight is 472 g/mol. The van der Waals surface area contributed by atoms with Crippen LogP contribution in [-0.4, -0.2) is 43.8 Å². The number of benzene rings is 2. The summed E-state index contributed by atoms with van der Waals surface area (Å²) < 4.78 is 29.1. The molecule has 1 aliphatic heterocycles. The first-order valence-electron chi connectivity index (χ1n) is 10.8. The SMILES string of the molecule is CC(C)c1cc(C(=O)OCC(=O)N(c2ccccc2)[C@@H]2C=CS(=O)(=O)C2)c(O)c(C(C)C)c1. The van der Waals surface area contributed by atoms with Crippen LogP contribution in [0.4, 0.5) is 5.69 Å². The number of carbonyl (C=O) groups is 2. The predicted octanol–water partition coefficient (Wildman–Crippen LogP) is 4.14. The molecule has 3 rings (SSSR count). The Labute approximate surface area is 194 Å². The normalized spacial score (nSPS) is 16.8. The van der Waals surface area contributed by atoms with Crippen molar-refractivity contribution in [3.05, 3.63) is 70.6 Å². The van der Waals surface area contributed by atoms with Gasteiger partial charge in [-0.1, -0.05) is 52.0 Å². The lowest BCUT2D eigenvalue weighted by Gasteiger charge is -2.27. The van der Waals surface area contributed by atoms with Crippen molar-refractivity contribution < 1.29 is 27.9 Å². The van der Waals surface area contributed by atoms with E-state index < -0.39 is 34.4 Å². The van der Waals surface area contributed by atoms with Crippen LogP contribution < -0.4 is 4.90 Å². The molecule has 7 nitrogen and oxygen atoms in total. The topological polar surface area (TPSA) is 101 Å². The zero-order chi connectivity index (χ0) is 24.3. The monoisotopic (exact) mass is 471 g/mol. The molecule has 0 aliphatic carbocycles. The molecule has 8 heteroatoms. The molecule has 1 atom stereocenters. The highest BCUT2D eigenvalue weighted by atomic mass is 32.2. The number of hydrogen-bond donors (Lipinski definition) is 1. The van der Waals surface area contributed by atoms with Gasteiger partial charge in [0.1, 0.15) is 11.3 Å². The zero-order valence-corrected chi connectivity index (χ0v) is 20.0. The number of rotatable bonds is 7. The fourth-order valence-corrected chi connectivity index (χ4v) is 4.98. The Bertz CT molecular complexity index is 1170. The lowest BCUT2D eigenvalue weighted by atomic mass is 9.92. The Morgan fingerprint density at radius 1 is 1.09 bits per heavy atom. The minimum absolute atomic E-state index is 0.00676. The molecule has 0 saturated heterocycles. The maximum Gasteiger partial charge on any atom is 0.342 e. The number of para-hydroxylation sites is 1. The van der Waals surface area contributed by atoms with E-state index in [-0.39, 0.29) is 28.9 Å². The standard InChI is InChI=1S/C25H29NO6S/c1-16(2)18-12-21(17(3)4)24(28)22(13-18)25(29)32-14-23(27)26(19-8-6-5-7-9-19)20-10-11-33(30,31)15-20/h5-13,16-17,20,28H,14-15H2,1-4H3/t20-/m1/s1. The molecule has 0 unspecified atom stereocenters. The van der Waals surface area contributed by atoms with Gasteiger partial charge in [0, 0.05) is 11.1 Å². The van der Waals surface area contributed by atoms with Crippen LogP contribution in [0, 0.1) is 0 Å². The van der Waals surface area contributed by atoms with Gasteiger partial charge >= 0.3 is 5.97 Å². The van der Waals surface area contributed by atoms with Crippen LogP contribution >= 0.6 is 0 Å². The van der Waals surface area contributed by atoms with Crippen molar-refractivity contribution >= 4 is 27.4 Å². The number of esters is 1. The predicted molar refractivity (Wildman–Crippen MR) is 127 cm³/mol. The molecular weight excluding hydrogens is 442 g/mol. The third-order valence-electron chi connectivity index (χ3n) is 5.54. The van der Waals surface area contributed by atoms with Gasteiger partial charge in [-0.3, -0.25) is 4.79 Å². The van der Waals surface area contributed by atoms with Gasteiger partial charge in [0.15, 0.2) is 16.4 Å². The first-order valence-corrected chi connectivity index (χ1v) is 12.5. The maximum absolute atomic E-state index is 13.1. The second-order valence-electron chi connectivity index (χ2n) is 8.72. The van der Waals surface area contributed by atoms with E-state index in [1.807, 2.05) is 33.8 Å². The second-order valence-corrected chi connectivity index (χ2v) is 10.6. The van der Waals surface area contributed by atoms with Crippen LogP contribution in [0.5, 0.6) is 5.75 Å². The number of anilines is 1. The summed E-state index contributed by atoms with van der Waals surface area (Å²) in [5, 5.41) is 11.7. The Morgan fingerprint density at radius 2 is 1.76 bits per heavy atom. The number of ether oxygens (including phenoxy) is 1. The van der Waals surface area contributed by atoms with Gasteiger partial charge in [-0.25, -0.2) is 13.2 Å². The summed E-state index contributed by atoms with van der Waals surface area (Å²) in [6.07, 6.45) is 1.45. The number of sulfone groups is 1. The average Bonchev–Trinajstić information content (AvgIpc) is 3.11. The lowest BCUT2D eigenvalue weighted by molar-refractivity contribution is -0.121. The molecule has 0 bridgehead atoms. The Kier molecular flexibility index (Phi) is 7.27. The summed E-state index contributed by atoms with van der Waals surface area (Å²) in [7, 11) is -3.40. The Hall–Kier alpha value is -3.13. The van der Waals surface area contributed by atoms with Crippen LogP contribution in [0.25, 0.3) is 0 Å². The van der Waals surface area contributed by atoms with Gasteiger partial charge in [0.05, 0.1) is 11.8 Å². The molecule has 2 aromatic rings. The quantitative estimate of drug-likeness (QED) is 0.609. The minimum Gasteiger partial charge on any atom is -0.507 e. The van der Waals surface area contributed by atoms with Crippen LogP contribution in [-0.2, 0) is 19.4 Å². The molecule has 33 heavy (non-hydrogen) atoms. The summed E-state index contributed by atoms with van der Waals surface area (Å²) >= 11 is 0. The van der Waals surface area contributed by atoms with Crippen molar-refractivity contribution in [1.82, 2.24) is 0 Å². The van der Waals surface area contributed by atoms with Crippen molar-refractivity contribution in [3.8, 4) is 5.75 Å². The molecule has 0 radical (unpaired) electrons. The zero-order valence-electron chi connectivity index (χ0n) is 19.2. The number of carbonyl (C=O) groups excluding carboxylic acids is 2. The molecule has 1 amide bonds. The van der Waals surface area contributed by atoms with Crippen LogP contribution in [0.15, 0.2) is 53.9 Å². The van der Waals surface area contributed by atoms with Crippen LogP contribution in [0.3, 0.4) is 0 Å². The van der Waals surface area contributed by atoms with Crippen LogP contribution in [0.1, 0.15) is 61.0 Å². The number of phenols is 1. The van der Waals surface area contributed by atoms with Crippen molar-refractivity contribution in [2.45, 2.75) is 45.6 Å². The number of aromatic hydroxyl groups is 1. The van der Waals surface area contributed by atoms with Gasteiger partial charge in [-0.05, 0) is 47.2 Å². The smallest absolute Gasteiger partial charge is 0.342 e. The summed E-state index contributed by atoms with van der Waals surface area (Å²) in [6.45, 7) is 7.20. The van der Waals surface area contributed by atoms with Gasteiger partial charge in [-0.15, -0.1) is 0 Å². The summed E-state index contributed by atoms with van der Waals surface area (Å²) in [5.74, 6) is -1.66. The molecule has 1 aliphatic rings. The molecule has 176 valence electrons. The number of amides is 1. The molecule has 0 saturated carbocycles. The first-order chi connectivity index (χ1) is 15.5. The van der Waals surface area contributed by atoms with Gasteiger partial charge in [0.25, 0.3) is 5.91 Å². The fourth-order valence-electron chi connectivity index (χ4n) is 3.71. The summed E-state index contributed by atoms with van der Waals surface area (Å²) in [4.78, 5) is 27.2. The minimum atomic E-state index is -3.40. The molecule has 2 aromatic carbocycles. The van der Waals surface area contributed by atoms with E-state index in [2.05, 4.69) is 0 Å². The molecule has 1 heterocycles. The highest BCUT2D eigenvalue weighted by Gasteiger charge is 2.32. The highest BCUT2D eigenvalue weighted by Crippen LogP contribution is 2.33. The lowest BCUT2D eigenvalue weighted by Crippen LogP contribution is -2.43. The van der Waals surface area contributed by atoms with E-state index >= 15 is 0 Å². The first kappa shape index (κ1) is 24.5. The number of nitrogens with zero attached hydrogens (tertiary/aromatic N) is 1. The summed E-state index contributed by atoms with van der Waals surface area (Å²) in [6, 6.07) is 11.4. The van der Waals surface area contributed by atoms with Crippen molar-refractivity contribution in [3.63, 3.8) is 0 Å². The van der Waals surface area contributed by atoms with E-state index in [9.17, 15) is 23.1 Å². The van der Waals surface area contributed by atoms with E-state index in [4.69, 9.17) is 4.74 Å². The van der Waals surface area contributed by atoms with Crippen molar-refractivity contribution in [2.24, 2.45) is 0 Å². The van der Waals surface area contributed by atoms with Gasteiger partial charge in [-0.2, -0.15) is 0 Å². The number of hydrogen-bond acceptors (Lipinski definition) is 6. The maximum atomic E-state index is 13.1. The third kappa shape index (κ3) is 5.63. The van der Waals surface area contributed by atoms with Gasteiger partial charge < -0.3 is 14.7 Å². The number of phenolic OH excluding ortho intramolecular Hbond substituents is 1. The van der Waals surface area contributed by atoms with E-state index in [1.165, 1.54) is 11.0 Å². The van der Waals surface area contributed by atoms with Crippen molar-refractivity contribution in [2.75, 3.05) is 17.3 Å². The molecule has 0 spiro atoms. The largest absolute Gasteiger partial charge is 0.507 e. The molecule has 1 N–H and O–H groups in total. The van der Waals surface area contributed by atoms with E-state index in [0.717, 1.165) is 11.0 Å². The molecule has 0 fully saturated rings. The Morgan fingerprint density at radius 3 is 2.30 bits per heavy atom. The van der Waals surface area contributed by atoms with E-state index in [1.54, 1.807) is 36.4 Å². The highest BCUT2D eigenvalue weighted by molar-refractivity contribution is 7.94. The van der Waals surface area contributed by atoms with Gasteiger partial charge in [0.2, 0.25) is 0 Å².